The molecular weight excluding hydrogens is 190 g/mol. The van der Waals surface area contributed by atoms with E-state index in [2.05, 4.69) is 11.9 Å². The van der Waals surface area contributed by atoms with Crippen LogP contribution in [0.2, 0.25) is 0 Å². The van der Waals surface area contributed by atoms with Crippen molar-refractivity contribution in [1.29, 1.82) is 0 Å². The summed E-state index contributed by atoms with van der Waals surface area (Å²) in [6.07, 6.45) is 3.34. The summed E-state index contributed by atoms with van der Waals surface area (Å²) in [6.45, 7) is 3.34. The van der Waals surface area contributed by atoms with E-state index in [1.165, 1.54) is 0 Å². The first-order valence-corrected chi connectivity index (χ1v) is 5.93. The molecule has 0 aliphatic carbocycles. The molecule has 4 heteroatoms. The maximum absolute atomic E-state index is 12.1. The fourth-order valence-corrected chi connectivity index (χ4v) is 2.95. The van der Waals surface area contributed by atoms with Crippen LogP contribution in [0, 0.1) is 5.92 Å². The number of fused-ring (bicyclic) bond motifs is 1. The van der Waals surface area contributed by atoms with Crippen LogP contribution in [0.3, 0.4) is 0 Å². The molecule has 0 unspecified atom stereocenters. The lowest BCUT2D eigenvalue weighted by Gasteiger charge is -2.45. The highest BCUT2D eigenvalue weighted by molar-refractivity contribution is 5.80. The summed E-state index contributed by atoms with van der Waals surface area (Å²) in [5.41, 5.74) is 5.51. The minimum Gasteiger partial charge on any atom is -0.341 e. The van der Waals surface area contributed by atoms with E-state index in [9.17, 15) is 4.79 Å². The second-order valence-corrected chi connectivity index (χ2v) is 4.70. The second-order valence-electron chi connectivity index (χ2n) is 4.70. The summed E-state index contributed by atoms with van der Waals surface area (Å²) in [4.78, 5) is 16.4. The van der Waals surface area contributed by atoms with Crippen LogP contribution in [0.4, 0.5) is 0 Å². The average Bonchev–Trinajstić information content (AvgIpc) is 2.23. The molecule has 0 aromatic rings. The van der Waals surface area contributed by atoms with E-state index in [4.69, 9.17) is 5.73 Å². The molecular formula is C11H21N3O. The van der Waals surface area contributed by atoms with Crippen molar-refractivity contribution in [2.24, 2.45) is 11.7 Å². The Morgan fingerprint density at radius 1 is 1.40 bits per heavy atom. The Balaban J connectivity index is 2.04. The molecule has 15 heavy (non-hydrogen) atoms. The van der Waals surface area contributed by atoms with E-state index in [1.807, 2.05) is 4.90 Å². The van der Waals surface area contributed by atoms with Crippen molar-refractivity contribution < 1.29 is 4.79 Å². The van der Waals surface area contributed by atoms with Gasteiger partial charge in [0.25, 0.3) is 0 Å². The average molecular weight is 211 g/mol. The van der Waals surface area contributed by atoms with Gasteiger partial charge in [0, 0.05) is 25.7 Å². The van der Waals surface area contributed by atoms with Gasteiger partial charge in [-0.1, -0.05) is 0 Å². The van der Waals surface area contributed by atoms with Crippen LogP contribution in [0.25, 0.3) is 0 Å². The fourth-order valence-electron chi connectivity index (χ4n) is 2.95. The van der Waals surface area contributed by atoms with Crippen LogP contribution in [0.5, 0.6) is 0 Å². The molecule has 2 saturated heterocycles. The van der Waals surface area contributed by atoms with E-state index in [1.54, 1.807) is 0 Å². The molecule has 2 aliphatic rings. The second kappa shape index (κ2) is 4.49. The summed E-state index contributed by atoms with van der Waals surface area (Å²) in [5.74, 6) is 0.576. The molecule has 86 valence electrons. The Morgan fingerprint density at radius 3 is 2.93 bits per heavy atom. The smallest absolute Gasteiger partial charge is 0.227 e. The summed E-state index contributed by atoms with van der Waals surface area (Å²) in [7, 11) is 2.14. The number of rotatable bonds is 2. The third-order valence-electron chi connectivity index (χ3n) is 3.78. The van der Waals surface area contributed by atoms with Crippen LogP contribution in [0.15, 0.2) is 0 Å². The standard InChI is InChI=1S/C11H21N3O/c1-13-6-2-3-9-10(13)4-7-14(8-5-12)11(9)15/h9-10H,2-8,12H2,1H3/t9-,10+/m0/s1. The molecule has 0 aromatic heterocycles. The highest BCUT2D eigenvalue weighted by Gasteiger charge is 2.39. The highest BCUT2D eigenvalue weighted by atomic mass is 16.2. The highest BCUT2D eigenvalue weighted by Crippen LogP contribution is 2.30. The van der Waals surface area contributed by atoms with Crippen LogP contribution in [-0.2, 0) is 4.79 Å². The van der Waals surface area contributed by atoms with Crippen LogP contribution in [-0.4, -0.2) is 55.0 Å². The van der Waals surface area contributed by atoms with Gasteiger partial charge in [0.2, 0.25) is 5.91 Å². The van der Waals surface area contributed by atoms with Crippen molar-refractivity contribution in [3.63, 3.8) is 0 Å². The van der Waals surface area contributed by atoms with E-state index in [0.29, 0.717) is 18.5 Å². The van der Waals surface area contributed by atoms with Crippen molar-refractivity contribution in [2.75, 3.05) is 33.2 Å². The van der Waals surface area contributed by atoms with Crippen molar-refractivity contribution in [1.82, 2.24) is 9.80 Å². The minimum absolute atomic E-state index is 0.240. The molecule has 0 radical (unpaired) electrons. The van der Waals surface area contributed by atoms with Gasteiger partial charge in [-0.25, -0.2) is 0 Å². The van der Waals surface area contributed by atoms with Gasteiger partial charge < -0.3 is 15.5 Å². The van der Waals surface area contributed by atoms with Gasteiger partial charge in [0.15, 0.2) is 0 Å². The van der Waals surface area contributed by atoms with Crippen molar-refractivity contribution in [2.45, 2.75) is 25.3 Å². The molecule has 0 aromatic carbocycles. The van der Waals surface area contributed by atoms with E-state index < -0.39 is 0 Å². The number of carbonyl (C=O) groups is 1. The number of piperidine rings is 2. The topological polar surface area (TPSA) is 49.6 Å². The lowest BCUT2D eigenvalue weighted by Crippen LogP contribution is -2.56. The number of nitrogens with two attached hydrogens (primary N) is 1. The summed E-state index contributed by atoms with van der Waals surface area (Å²) >= 11 is 0. The third-order valence-corrected chi connectivity index (χ3v) is 3.78. The van der Waals surface area contributed by atoms with Crippen molar-refractivity contribution >= 4 is 5.91 Å². The predicted molar refractivity (Wildman–Crippen MR) is 59.4 cm³/mol. The van der Waals surface area contributed by atoms with E-state index in [0.717, 1.165) is 38.9 Å². The lowest BCUT2D eigenvalue weighted by atomic mass is 9.83. The largest absolute Gasteiger partial charge is 0.341 e. The molecule has 1 amide bonds. The molecule has 0 spiro atoms. The van der Waals surface area contributed by atoms with E-state index >= 15 is 0 Å². The maximum atomic E-state index is 12.1. The molecule has 0 saturated carbocycles. The summed E-state index contributed by atoms with van der Waals surface area (Å²) in [6, 6.07) is 0.486. The minimum atomic E-state index is 0.240. The Hall–Kier alpha value is -0.610. The van der Waals surface area contributed by atoms with Crippen LogP contribution < -0.4 is 5.73 Å². The molecule has 2 N–H and O–H groups in total. The zero-order chi connectivity index (χ0) is 10.8. The molecule has 2 rings (SSSR count). The molecule has 4 nitrogen and oxygen atoms in total. The number of hydrogen-bond donors (Lipinski definition) is 1. The Bertz CT molecular complexity index is 244. The first-order chi connectivity index (χ1) is 7.24. The number of carbonyl (C=O) groups excluding carboxylic acids is 1. The maximum Gasteiger partial charge on any atom is 0.227 e. The van der Waals surface area contributed by atoms with E-state index in [-0.39, 0.29) is 5.92 Å². The van der Waals surface area contributed by atoms with Gasteiger partial charge in [-0.15, -0.1) is 0 Å². The summed E-state index contributed by atoms with van der Waals surface area (Å²) < 4.78 is 0. The van der Waals surface area contributed by atoms with Crippen LogP contribution in [0.1, 0.15) is 19.3 Å². The Labute approximate surface area is 91.4 Å². The molecule has 2 atom stereocenters. The summed E-state index contributed by atoms with van der Waals surface area (Å²) in [5, 5.41) is 0. The number of nitrogens with zero attached hydrogens (tertiary/aromatic N) is 2. The zero-order valence-electron chi connectivity index (χ0n) is 9.48. The SMILES string of the molecule is CN1CCC[C@@H]2C(=O)N(CCN)CC[C@H]21. The number of hydrogen-bond acceptors (Lipinski definition) is 3. The van der Waals surface area contributed by atoms with Gasteiger partial charge in [-0.05, 0) is 32.9 Å². The predicted octanol–water partition coefficient (Wildman–Crippen LogP) is -0.112. The molecule has 2 heterocycles. The Kier molecular flexibility index (Phi) is 3.26. The van der Waals surface area contributed by atoms with Gasteiger partial charge in [0.05, 0.1) is 5.92 Å². The fraction of sp³-hybridized carbons (Fsp3) is 0.909. The van der Waals surface area contributed by atoms with Gasteiger partial charge in [-0.3, -0.25) is 4.79 Å². The first-order valence-electron chi connectivity index (χ1n) is 5.93. The Morgan fingerprint density at radius 2 is 2.20 bits per heavy atom. The normalized spacial score (nSPS) is 32.9. The molecule has 2 aliphatic heterocycles. The molecule has 2 fully saturated rings. The zero-order valence-corrected chi connectivity index (χ0v) is 9.48. The quantitative estimate of drug-likeness (QED) is 0.693. The number of amides is 1. The van der Waals surface area contributed by atoms with Crippen LogP contribution >= 0.6 is 0 Å². The number of likely N-dealkylation sites (tertiary alicyclic amines) is 2. The molecule has 0 bridgehead atoms. The third kappa shape index (κ3) is 2.01. The first kappa shape index (κ1) is 10.9. The monoisotopic (exact) mass is 211 g/mol. The van der Waals surface area contributed by atoms with Crippen molar-refractivity contribution in [3.8, 4) is 0 Å². The van der Waals surface area contributed by atoms with Crippen molar-refractivity contribution in [3.05, 3.63) is 0 Å². The van der Waals surface area contributed by atoms with Gasteiger partial charge in [-0.2, -0.15) is 0 Å². The lowest BCUT2D eigenvalue weighted by molar-refractivity contribution is -0.143. The van der Waals surface area contributed by atoms with Gasteiger partial charge in [0.1, 0.15) is 0 Å². The van der Waals surface area contributed by atoms with Gasteiger partial charge >= 0.3 is 0 Å².